The summed E-state index contributed by atoms with van der Waals surface area (Å²) in [4.78, 5) is 11.0. The van der Waals surface area contributed by atoms with Gasteiger partial charge in [-0.1, -0.05) is 18.2 Å². The standard InChI is InChI=1S/C17H25N5O2S2.HI/c1-13-20-15(12-25-13)11-22(5)17(18-2)19-10-14-8-6-7-9-16(14)26(23,24)21(3)4;/h6-9,12H,10-11H2,1-5H3,(H,18,19);1H. The first-order valence-electron chi connectivity index (χ1n) is 8.09. The SMILES string of the molecule is CN=C(NCc1ccccc1S(=O)(=O)N(C)C)N(C)Cc1csc(C)n1.I. The highest BCUT2D eigenvalue weighted by Gasteiger charge is 2.21. The summed E-state index contributed by atoms with van der Waals surface area (Å²) >= 11 is 1.61. The van der Waals surface area contributed by atoms with Crippen molar-refractivity contribution in [3.05, 3.63) is 45.9 Å². The highest BCUT2D eigenvalue weighted by Crippen LogP contribution is 2.18. The van der Waals surface area contributed by atoms with Crippen LogP contribution in [0.2, 0.25) is 0 Å². The van der Waals surface area contributed by atoms with Crippen molar-refractivity contribution in [1.29, 1.82) is 0 Å². The molecule has 1 aromatic carbocycles. The van der Waals surface area contributed by atoms with Gasteiger partial charge in [0.1, 0.15) is 0 Å². The minimum absolute atomic E-state index is 0. The van der Waals surface area contributed by atoms with E-state index in [4.69, 9.17) is 0 Å². The fourth-order valence-electron chi connectivity index (χ4n) is 2.46. The minimum Gasteiger partial charge on any atom is -0.352 e. The van der Waals surface area contributed by atoms with E-state index in [0.29, 0.717) is 29.5 Å². The first kappa shape index (κ1) is 23.8. The van der Waals surface area contributed by atoms with E-state index in [9.17, 15) is 8.42 Å². The monoisotopic (exact) mass is 523 g/mol. The Morgan fingerprint density at radius 2 is 1.93 bits per heavy atom. The zero-order chi connectivity index (χ0) is 19.3. The maximum Gasteiger partial charge on any atom is 0.242 e. The van der Waals surface area contributed by atoms with Crippen molar-refractivity contribution in [1.82, 2.24) is 19.5 Å². The number of aromatic nitrogens is 1. The van der Waals surface area contributed by atoms with Crippen molar-refractivity contribution in [3.8, 4) is 0 Å². The highest BCUT2D eigenvalue weighted by molar-refractivity contribution is 14.0. The molecule has 2 aromatic rings. The second-order valence-electron chi connectivity index (χ2n) is 6.01. The molecule has 0 amide bonds. The number of nitrogens with zero attached hydrogens (tertiary/aromatic N) is 4. The summed E-state index contributed by atoms with van der Waals surface area (Å²) in [5.74, 6) is 0.674. The fourth-order valence-corrected chi connectivity index (χ4v) is 4.18. The van der Waals surface area contributed by atoms with E-state index in [-0.39, 0.29) is 24.0 Å². The molecule has 0 saturated carbocycles. The minimum atomic E-state index is -3.50. The zero-order valence-electron chi connectivity index (χ0n) is 16.1. The van der Waals surface area contributed by atoms with E-state index >= 15 is 0 Å². The number of aliphatic imine (C=N–C) groups is 1. The van der Waals surface area contributed by atoms with Gasteiger partial charge in [-0.15, -0.1) is 35.3 Å². The molecular weight excluding hydrogens is 497 g/mol. The molecule has 0 unspecified atom stereocenters. The molecule has 0 fully saturated rings. The molecule has 27 heavy (non-hydrogen) atoms. The number of thiazole rings is 1. The molecule has 1 aromatic heterocycles. The predicted molar refractivity (Wildman–Crippen MR) is 121 cm³/mol. The Morgan fingerprint density at radius 1 is 1.26 bits per heavy atom. The normalized spacial score (nSPS) is 12.0. The third-order valence-electron chi connectivity index (χ3n) is 3.81. The molecule has 10 heteroatoms. The lowest BCUT2D eigenvalue weighted by molar-refractivity contribution is 0.470. The van der Waals surface area contributed by atoms with Gasteiger partial charge in [-0.25, -0.2) is 17.7 Å². The van der Waals surface area contributed by atoms with Gasteiger partial charge >= 0.3 is 0 Å². The van der Waals surface area contributed by atoms with Crippen molar-refractivity contribution in [2.45, 2.75) is 24.9 Å². The van der Waals surface area contributed by atoms with Gasteiger partial charge in [0.25, 0.3) is 0 Å². The lowest BCUT2D eigenvalue weighted by Crippen LogP contribution is -2.38. The Hall–Kier alpha value is -1.24. The third-order valence-corrected chi connectivity index (χ3v) is 6.55. The average molecular weight is 523 g/mol. The van der Waals surface area contributed by atoms with Crippen LogP contribution in [0.4, 0.5) is 0 Å². The van der Waals surface area contributed by atoms with Gasteiger partial charge in [0.2, 0.25) is 10.0 Å². The molecule has 2 rings (SSSR count). The van der Waals surface area contributed by atoms with E-state index in [1.807, 2.05) is 30.3 Å². The predicted octanol–water partition coefficient (Wildman–Crippen LogP) is 2.53. The molecule has 0 atom stereocenters. The Bertz CT molecular complexity index is 881. The number of benzene rings is 1. The zero-order valence-corrected chi connectivity index (χ0v) is 20.1. The van der Waals surface area contributed by atoms with E-state index < -0.39 is 10.0 Å². The van der Waals surface area contributed by atoms with Gasteiger partial charge in [0, 0.05) is 40.1 Å². The van der Waals surface area contributed by atoms with Gasteiger partial charge in [0.15, 0.2) is 5.96 Å². The lowest BCUT2D eigenvalue weighted by Gasteiger charge is -2.22. The first-order chi connectivity index (χ1) is 12.3. The molecule has 0 aliphatic rings. The summed E-state index contributed by atoms with van der Waals surface area (Å²) in [6.07, 6.45) is 0. The van der Waals surface area contributed by atoms with Gasteiger partial charge in [-0.2, -0.15) is 0 Å². The number of hydrogen-bond acceptors (Lipinski definition) is 5. The molecule has 0 aliphatic heterocycles. The largest absolute Gasteiger partial charge is 0.352 e. The van der Waals surface area contributed by atoms with Crippen molar-refractivity contribution >= 4 is 51.3 Å². The molecule has 0 bridgehead atoms. The molecule has 1 heterocycles. The number of guanidine groups is 1. The van der Waals surface area contributed by atoms with Crippen LogP contribution in [0, 0.1) is 6.92 Å². The number of sulfonamides is 1. The Balaban J connectivity index is 0.00000364. The molecule has 1 N–H and O–H groups in total. The van der Waals surface area contributed by atoms with Gasteiger partial charge < -0.3 is 10.2 Å². The van der Waals surface area contributed by atoms with Gasteiger partial charge in [-0.05, 0) is 18.6 Å². The molecule has 0 spiro atoms. The van der Waals surface area contributed by atoms with Crippen LogP contribution >= 0.6 is 35.3 Å². The number of aryl methyl sites for hydroxylation is 1. The highest BCUT2D eigenvalue weighted by atomic mass is 127. The van der Waals surface area contributed by atoms with Crippen LogP contribution in [0.25, 0.3) is 0 Å². The van der Waals surface area contributed by atoms with Crippen LogP contribution in [-0.4, -0.2) is 56.8 Å². The van der Waals surface area contributed by atoms with Crippen LogP contribution in [-0.2, 0) is 23.1 Å². The quantitative estimate of drug-likeness (QED) is 0.358. The summed E-state index contributed by atoms with van der Waals surface area (Å²) in [5.41, 5.74) is 1.67. The van der Waals surface area contributed by atoms with E-state index in [1.54, 1.807) is 36.6 Å². The summed E-state index contributed by atoms with van der Waals surface area (Å²) in [6, 6.07) is 6.99. The van der Waals surface area contributed by atoms with Crippen molar-refractivity contribution in [3.63, 3.8) is 0 Å². The average Bonchev–Trinajstić information content (AvgIpc) is 3.00. The molecule has 0 aliphatic carbocycles. The van der Waals surface area contributed by atoms with Gasteiger partial charge in [-0.3, -0.25) is 4.99 Å². The molecule has 7 nitrogen and oxygen atoms in total. The Labute approximate surface area is 182 Å². The van der Waals surface area contributed by atoms with Crippen molar-refractivity contribution in [2.75, 3.05) is 28.2 Å². The summed E-state index contributed by atoms with van der Waals surface area (Å²) in [7, 11) is 3.19. The molecule has 150 valence electrons. The lowest BCUT2D eigenvalue weighted by atomic mass is 10.2. The second-order valence-corrected chi connectivity index (χ2v) is 9.19. The second kappa shape index (κ2) is 10.3. The summed E-state index contributed by atoms with van der Waals surface area (Å²) in [6.45, 7) is 2.96. The smallest absolute Gasteiger partial charge is 0.242 e. The summed E-state index contributed by atoms with van der Waals surface area (Å²) in [5, 5.41) is 6.29. The Morgan fingerprint density at radius 3 is 2.48 bits per heavy atom. The van der Waals surface area contributed by atoms with E-state index in [1.165, 1.54) is 18.4 Å². The molecule has 0 saturated heterocycles. The number of halogens is 1. The molecule has 0 radical (unpaired) electrons. The number of nitrogens with one attached hydrogen (secondary N) is 1. The number of rotatable bonds is 6. The van der Waals surface area contributed by atoms with Crippen LogP contribution in [0.15, 0.2) is 39.5 Å². The van der Waals surface area contributed by atoms with Crippen molar-refractivity contribution in [2.24, 2.45) is 4.99 Å². The third kappa shape index (κ3) is 6.13. The van der Waals surface area contributed by atoms with Crippen LogP contribution in [0.3, 0.4) is 0 Å². The molecular formula is C17H26IN5O2S2. The maximum atomic E-state index is 12.5. The first-order valence-corrected chi connectivity index (χ1v) is 10.4. The van der Waals surface area contributed by atoms with Crippen LogP contribution in [0.5, 0.6) is 0 Å². The topological polar surface area (TPSA) is 77.9 Å². The summed E-state index contributed by atoms with van der Waals surface area (Å²) < 4.78 is 26.2. The number of hydrogen-bond donors (Lipinski definition) is 1. The van der Waals surface area contributed by atoms with Crippen LogP contribution in [0.1, 0.15) is 16.3 Å². The van der Waals surface area contributed by atoms with Crippen LogP contribution < -0.4 is 5.32 Å². The Kier molecular flexibility index (Phi) is 9.12. The fraction of sp³-hybridized carbons (Fsp3) is 0.412. The van der Waals surface area contributed by atoms with Gasteiger partial charge in [0.05, 0.1) is 22.1 Å². The van der Waals surface area contributed by atoms with E-state index in [0.717, 1.165) is 10.7 Å². The maximum absolute atomic E-state index is 12.5. The van der Waals surface area contributed by atoms with Crippen molar-refractivity contribution < 1.29 is 8.42 Å². The van der Waals surface area contributed by atoms with E-state index in [2.05, 4.69) is 15.3 Å².